The van der Waals surface area contributed by atoms with Crippen molar-refractivity contribution in [1.29, 1.82) is 0 Å². The minimum absolute atomic E-state index is 0.0140. The van der Waals surface area contributed by atoms with Gasteiger partial charge < -0.3 is 19.1 Å². The zero-order chi connectivity index (χ0) is 35.1. The van der Waals surface area contributed by atoms with Crippen LogP contribution in [0.1, 0.15) is 43.5 Å². The Kier molecular flexibility index (Phi) is 7.58. The minimum Gasteiger partial charge on any atom is -0.508 e. The van der Waals surface area contributed by atoms with E-state index in [-0.39, 0.29) is 54.5 Å². The highest BCUT2D eigenvalue weighted by atomic mass is 35.5. The number of phenolic OH excluding ortho intramolecular Hbond substituents is 1. The van der Waals surface area contributed by atoms with E-state index >= 15 is 0 Å². The van der Waals surface area contributed by atoms with Gasteiger partial charge in [0.2, 0.25) is 0 Å². The van der Waals surface area contributed by atoms with Gasteiger partial charge in [0.1, 0.15) is 11.4 Å². The van der Waals surface area contributed by atoms with Crippen molar-refractivity contribution in [2.45, 2.75) is 51.7 Å². The molecule has 1 fully saturated rings. The van der Waals surface area contributed by atoms with Gasteiger partial charge in [-0.25, -0.2) is 28.5 Å². The van der Waals surface area contributed by atoms with Crippen LogP contribution >= 0.6 is 11.6 Å². The van der Waals surface area contributed by atoms with Gasteiger partial charge in [-0.2, -0.15) is 0 Å². The van der Waals surface area contributed by atoms with Crippen molar-refractivity contribution in [3.63, 3.8) is 0 Å². The Bertz CT molecular complexity index is 2360. The van der Waals surface area contributed by atoms with Crippen LogP contribution in [0.25, 0.3) is 11.0 Å². The zero-order valence-electron chi connectivity index (χ0n) is 27.5. The highest BCUT2D eigenvalue weighted by Crippen LogP contribution is 2.60. The number of ketones is 2. The van der Waals surface area contributed by atoms with Crippen LogP contribution in [0.5, 0.6) is 17.2 Å². The number of carbonyl (C=O) groups is 2. The predicted molar refractivity (Wildman–Crippen MR) is 180 cm³/mol. The van der Waals surface area contributed by atoms with Gasteiger partial charge in [0.15, 0.2) is 23.1 Å². The highest BCUT2D eigenvalue weighted by molar-refractivity contribution is 6.30. The van der Waals surface area contributed by atoms with Gasteiger partial charge in [-0.15, -0.1) is 0 Å². The lowest BCUT2D eigenvalue weighted by atomic mass is 9.51. The number of aromatic hydroxyl groups is 1. The molecule has 3 heterocycles. The number of ether oxygens (including phenoxy) is 2. The zero-order valence-corrected chi connectivity index (χ0v) is 28.3. The van der Waals surface area contributed by atoms with Gasteiger partial charge in [0.05, 0.1) is 43.3 Å². The number of nitrogens with zero attached hydrogens (tertiary/aromatic N) is 5. The number of halogens is 1. The monoisotopic (exact) mass is 687 g/mol. The molecular formula is C35H34ClN5O8. The van der Waals surface area contributed by atoms with E-state index in [2.05, 4.69) is 4.98 Å². The van der Waals surface area contributed by atoms with Crippen LogP contribution in [0.2, 0.25) is 5.02 Å². The van der Waals surface area contributed by atoms with Gasteiger partial charge in [-0.05, 0) is 48.8 Å². The maximum atomic E-state index is 14.2. The van der Waals surface area contributed by atoms with E-state index < -0.39 is 34.7 Å². The summed E-state index contributed by atoms with van der Waals surface area (Å²) in [6, 6.07) is 7.09. The summed E-state index contributed by atoms with van der Waals surface area (Å²) in [7, 11) is 4.59. The lowest BCUT2D eigenvalue weighted by Crippen LogP contribution is -2.54. The minimum atomic E-state index is -1.27. The number of fused-ring (bicyclic) bond motifs is 5. The predicted octanol–water partition coefficient (Wildman–Crippen LogP) is 3.07. The average Bonchev–Trinajstić information content (AvgIpc) is 3.33. The summed E-state index contributed by atoms with van der Waals surface area (Å²) in [6.07, 6.45) is 3.23. The molecule has 0 saturated heterocycles. The molecule has 1 N–H and O–H groups in total. The number of aryl methyl sites for hydroxylation is 2. The SMILES string of the molecule is COc1cc2nc(CCn3c(=O)n4n(c3=O)[C@@H]3C[C@H]5C(=O)C(C)=CC(=O)[C@@]5(C)[C@@H](c5cc(Cl)ccc5O)C3=CC4)c(=O)n(C)c2cc1OC. The van der Waals surface area contributed by atoms with Crippen molar-refractivity contribution in [2.75, 3.05) is 14.2 Å². The molecule has 2 aliphatic carbocycles. The number of aromatic nitrogens is 5. The number of hydrogen-bond donors (Lipinski definition) is 1. The molecule has 0 bridgehead atoms. The van der Waals surface area contributed by atoms with Crippen LogP contribution in [0, 0.1) is 11.3 Å². The lowest BCUT2D eigenvalue weighted by molar-refractivity contribution is -0.139. The largest absolute Gasteiger partial charge is 0.508 e. The van der Waals surface area contributed by atoms with Gasteiger partial charge in [-0.3, -0.25) is 14.4 Å². The van der Waals surface area contributed by atoms with Crippen LogP contribution in [0.4, 0.5) is 0 Å². The molecule has 14 heteroatoms. The second-order valence-electron chi connectivity index (χ2n) is 13.0. The van der Waals surface area contributed by atoms with Crippen LogP contribution in [0.3, 0.4) is 0 Å². The third kappa shape index (κ3) is 4.66. The van der Waals surface area contributed by atoms with Crippen molar-refractivity contribution in [3.05, 3.63) is 101 Å². The summed E-state index contributed by atoms with van der Waals surface area (Å²) >= 11 is 6.38. The van der Waals surface area contributed by atoms with Crippen molar-refractivity contribution in [1.82, 2.24) is 23.5 Å². The van der Waals surface area contributed by atoms with Crippen molar-refractivity contribution in [2.24, 2.45) is 18.4 Å². The molecule has 0 radical (unpaired) electrons. The summed E-state index contributed by atoms with van der Waals surface area (Å²) in [5.41, 5.74) is -0.406. The molecule has 0 amide bonds. The molecule has 7 rings (SSSR count). The highest BCUT2D eigenvalue weighted by Gasteiger charge is 2.59. The summed E-state index contributed by atoms with van der Waals surface area (Å²) in [6.45, 7) is 3.20. The maximum Gasteiger partial charge on any atom is 0.347 e. The number of Topliss-reactive ketones (excluding diaryl/α,β-unsaturated/α-hetero) is 1. The Hall–Kier alpha value is -5.17. The van der Waals surface area contributed by atoms with E-state index in [0.717, 1.165) is 4.57 Å². The Labute approximate surface area is 284 Å². The van der Waals surface area contributed by atoms with Gasteiger partial charge >= 0.3 is 11.4 Å². The Balaban J connectivity index is 1.31. The molecule has 1 aliphatic heterocycles. The molecule has 2 aromatic heterocycles. The molecule has 1 saturated carbocycles. The topological polar surface area (TPSA) is 157 Å². The number of allylic oxidation sites excluding steroid dienone is 4. The standard InChI is InChI=1S/C35H34ClN5O8/c1-17-12-29(43)35(2)21(31(17)44)14-24-19(30(35)20-13-18(36)6-7-26(20)42)8-11-40-33(46)39(34(47)41(24)40)10-9-22-32(45)38(3)25-16-28(49-5)27(48-4)15-23(25)37-22/h6-8,12-13,15-16,21,24,30,42H,9-11,14H2,1-5H3/t21-,24+,30+,35-/m0/s1. The Morgan fingerprint density at radius 3 is 2.47 bits per heavy atom. The lowest BCUT2D eigenvalue weighted by Gasteiger charge is -2.52. The number of phenols is 1. The van der Waals surface area contributed by atoms with Crippen molar-refractivity contribution < 1.29 is 24.2 Å². The quantitative estimate of drug-likeness (QED) is 0.301. The number of carbonyl (C=O) groups excluding carboxylic acids is 2. The number of rotatable bonds is 6. The molecule has 0 spiro atoms. The molecule has 2 aromatic carbocycles. The Morgan fingerprint density at radius 2 is 1.76 bits per heavy atom. The summed E-state index contributed by atoms with van der Waals surface area (Å²) < 4.78 is 15.9. The summed E-state index contributed by atoms with van der Waals surface area (Å²) in [5.74, 6) is -1.37. The van der Waals surface area contributed by atoms with Crippen LogP contribution in [0.15, 0.2) is 68.0 Å². The van der Waals surface area contributed by atoms with Crippen LogP contribution in [-0.4, -0.2) is 54.4 Å². The van der Waals surface area contributed by atoms with Crippen molar-refractivity contribution >= 4 is 34.2 Å². The van der Waals surface area contributed by atoms with E-state index in [0.29, 0.717) is 44.3 Å². The van der Waals surface area contributed by atoms with E-state index in [4.69, 9.17) is 21.1 Å². The number of methoxy groups -OCH3 is 2. The van der Waals surface area contributed by atoms with Gasteiger partial charge in [0, 0.05) is 54.6 Å². The molecular weight excluding hydrogens is 654 g/mol. The van der Waals surface area contributed by atoms with Crippen molar-refractivity contribution in [3.8, 4) is 17.2 Å². The molecule has 49 heavy (non-hydrogen) atoms. The molecule has 4 atom stereocenters. The second kappa shape index (κ2) is 11.5. The molecule has 254 valence electrons. The first-order chi connectivity index (χ1) is 23.3. The van der Waals surface area contributed by atoms with E-state index in [1.165, 1.54) is 46.4 Å². The first kappa shape index (κ1) is 32.4. The maximum absolute atomic E-state index is 14.2. The average molecular weight is 688 g/mol. The number of hydrogen-bond acceptors (Lipinski definition) is 9. The summed E-state index contributed by atoms with van der Waals surface area (Å²) in [4.78, 5) is 73.3. The van der Waals surface area contributed by atoms with Crippen LogP contribution < -0.4 is 26.4 Å². The van der Waals surface area contributed by atoms with E-state index in [1.807, 2.05) is 0 Å². The van der Waals surface area contributed by atoms with Gasteiger partial charge in [-0.1, -0.05) is 24.6 Å². The van der Waals surface area contributed by atoms with E-state index in [1.54, 1.807) is 45.2 Å². The van der Waals surface area contributed by atoms with Crippen LogP contribution in [-0.2, 0) is 36.1 Å². The third-order valence-corrected chi connectivity index (χ3v) is 10.8. The second-order valence-corrected chi connectivity index (χ2v) is 13.4. The first-order valence-corrected chi connectivity index (χ1v) is 16.2. The molecule has 3 aliphatic rings. The number of benzene rings is 2. The molecule has 13 nitrogen and oxygen atoms in total. The fraction of sp³-hybridized carbons (Fsp3) is 0.371. The first-order valence-electron chi connectivity index (χ1n) is 15.8. The molecule has 0 unspecified atom stereocenters. The van der Waals surface area contributed by atoms with E-state index in [9.17, 15) is 29.1 Å². The summed E-state index contributed by atoms with van der Waals surface area (Å²) in [5, 5.41) is 11.4. The Morgan fingerprint density at radius 1 is 1.04 bits per heavy atom. The molecule has 4 aromatic rings. The fourth-order valence-electron chi connectivity index (χ4n) is 7.97. The normalized spacial score (nSPS) is 23.0. The fourth-order valence-corrected chi connectivity index (χ4v) is 8.15. The van der Waals surface area contributed by atoms with Gasteiger partial charge in [0.25, 0.3) is 5.56 Å². The third-order valence-electron chi connectivity index (χ3n) is 10.5. The smallest absolute Gasteiger partial charge is 0.347 e.